The number of urea groups is 1. The molecule has 5 aliphatic rings. The fourth-order valence-electron chi connectivity index (χ4n) is 5.48. The molecule has 6 rings (SSSR count). The van der Waals surface area contributed by atoms with Gasteiger partial charge in [-0.3, -0.25) is 0 Å². The molecule has 5 saturated heterocycles. The van der Waals surface area contributed by atoms with Crippen LogP contribution in [0.15, 0.2) is 6.20 Å². The number of hydrogen-bond donors (Lipinski definition) is 0. The first kappa shape index (κ1) is 20.7. The monoisotopic (exact) mass is 451 g/mol. The van der Waals surface area contributed by atoms with Crippen LogP contribution in [0.4, 0.5) is 14.9 Å². The molecule has 0 spiro atoms. The van der Waals surface area contributed by atoms with Gasteiger partial charge in [0, 0.05) is 57.3 Å². The van der Waals surface area contributed by atoms with Crippen molar-refractivity contribution in [2.75, 3.05) is 80.3 Å². The molecule has 0 saturated carbocycles. The number of amides is 2. The Hall–Kier alpha value is -1.19. The molecule has 5 aliphatic heterocycles. The lowest BCUT2D eigenvalue weighted by Gasteiger charge is -2.47. The van der Waals surface area contributed by atoms with Gasteiger partial charge in [0.15, 0.2) is 5.13 Å². The predicted molar refractivity (Wildman–Crippen MR) is 124 cm³/mol. The van der Waals surface area contributed by atoms with Crippen molar-refractivity contribution in [3.63, 3.8) is 0 Å². The Morgan fingerprint density at radius 2 is 1.87 bits per heavy atom. The van der Waals surface area contributed by atoms with Crippen molar-refractivity contribution in [1.82, 2.24) is 14.8 Å². The van der Waals surface area contributed by atoms with Crippen molar-refractivity contribution in [2.45, 2.75) is 26.3 Å². The van der Waals surface area contributed by atoms with Crippen LogP contribution >= 0.6 is 23.1 Å². The highest BCUT2D eigenvalue weighted by atomic mass is 32.2. The Kier molecular flexibility index (Phi) is 5.79. The van der Waals surface area contributed by atoms with Crippen LogP contribution in [-0.4, -0.2) is 97.4 Å². The summed E-state index contributed by atoms with van der Waals surface area (Å²) in [5.41, 5.74) is 0.179. The number of thiazole rings is 1. The van der Waals surface area contributed by atoms with Crippen LogP contribution < -0.4 is 9.80 Å². The summed E-state index contributed by atoms with van der Waals surface area (Å²) in [6, 6.07) is 0.584. The van der Waals surface area contributed by atoms with Crippen LogP contribution in [0.5, 0.6) is 0 Å². The van der Waals surface area contributed by atoms with E-state index in [4.69, 9.17) is 9.72 Å². The SMILES string of the molecule is CC1(C)CC2CN(C(=O)N3CCSCC3)CC1N(c1cnc(N3CCOCC3)s1)C2. The number of carbonyl (C=O) groups is 1. The van der Waals surface area contributed by atoms with Gasteiger partial charge in [0.25, 0.3) is 0 Å². The Balaban J connectivity index is 1.36. The Morgan fingerprint density at radius 3 is 2.63 bits per heavy atom. The van der Waals surface area contributed by atoms with Crippen LogP contribution in [0, 0.1) is 11.3 Å². The van der Waals surface area contributed by atoms with Crippen molar-refractivity contribution >= 4 is 39.3 Å². The highest BCUT2D eigenvalue weighted by molar-refractivity contribution is 7.99. The fourth-order valence-corrected chi connectivity index (χ4v) is 7.41. The zero-order valence-corrected chi connectivity index (χ0v) is 19.7. The number of thioether (sulfide) groups is 1. The second-order valence-corrected chi connectivity index (χ2v) is 11.8. The third-order valence-electron chi connectivity index (χ3n) is 7.02. The average molecular weight is 452 g/mol. The van der Waals surface area contributed by atoms with E-state index in [1.807, 2.05) is 11.8 Å². The van der Waals surface area contributed by atoms with Gasteiger partial charge in [0.2, 0.25) is 0 Å². The summed E-state index contributed by atoms with van der Waals surface area (Å²) in [4.78, 5) is 27.2. The molecule has 7 nitrogen and oxygen atoms in total. The number of fused-ring (bicyclic) bond motifs is 4. The summed E-state index contributed by atoms with van der Waals surface area (Å²) in [6.07, 6.45) is 3.24. The van der Waals surface area contributed by atoms with Gasteiger partial charge in [-0.2, -0.15) is 11.8 Å². The number of aromatic nitrogens is 1. The van der Waals surface area contributed by atoms with Crippen molar-refractivity contribution in [3.8, 4) is 0 Å². The zero-order chi connectivity index (χ0) is 20.7. The van der Waals surface area contributed by atoms with Gasteiger partial charge in [-0.25, -0.2) is 9.78 Å². The number of carbonyl (C=O) groups excluding carboxylic acids is 1. The molecule has 0 N–H and O–H groups in total. The molecular formula is C21H33N5O2S2. The molecule has 1 aromatic heterocycles. The Bertz CT molecular complexity index is 760. The molecule has 5 fully saturated rings. The van der Waals surface area contributed by atoms with E-state index in [1.54, 1.807) is 11.3 Å². The molecule has 30 heavy (non-hydrogen) atoms. The molecule has 0 aromatic carbocycles. The van der Waals surface area contributed by atoms with E-state index in [9.17, 15) is 4.79 Å². The molecule has 6 heterocycles. The molecule has 0 radical (unpaired) electrons. The van der Waals surface area contributed by atoms with Crippen LogP contribution in [0.25, 0.3) is 0 Å². The third-order valence-corrected chi connectivity index (χ3v) is 9.06. The largest absolute Gasteiger partial charge is 0.378 e. The fraction of sp³-hybridized carbons (Fsp3) is 0.810. The highest BCUT2D eigenvalue weighted by Gasteiger charge is 2.47. The van der Waals surface area contributed by atoms with Crippen LogP contribution in [0.2, 0.25) is 0 Å². The van der Waals surface area contributed by atoms with Gasteiger partial charge >= 0.3 is 6.03 Å². The van der Waals surface area contributed by atoms with Gasteiger partial charge < -0.3 is 24.3 Å². The maximum absolute atomic E-state index is 13.3. The van der Waals surface area contributed by atoms with Crippen molar-refractivity contribution in [2.24, 2.45) is 11.3 Å². The summed E-state index contributed by atoms with van der Waals surface area (Å²) in [6.45, 7) is 12.7. The maximum Gasteiger partial charge on any atom is 0.320 e. The molecule has 1 aromatic rings. The van der Waals surface area contributed by atoms with E-state index in [-0.39, 0.29) is 11.4 Å². The first-order valence-corrected chi connectivity index (χ1v) is 13.2. The smallest absolute Gasteiger partial charge is 0.320 e. The van der Waals surface area contributed by atoms with Crippen LogP contribution in [-0.2, 0) is 4.74 Å². The van der Waals surface area contributed by atoms with E-state index in [0.717, 1.165) is 75.7 Å². The van der Waals surface area contributed by atoms with Crippen molar-refractivity contribution in [3.05, 3.63) is 6.20 Å². The molecule has 2 amide bonds. The number of hydrogen-bond acceptors (Lipinski definition) is 7. The molecule has 2 unspecified atom stereocenters. The summed E-state index contributed by atoms with van der Waals surface area (Å²) in [5, 5.41) is 2.35. The zero-order valence-electron chi connectivity index (χ0n) is 18.1. The number of anilines is 2. The van der Waals surface area contributed by atoms with Crippen LogP contribution in [0.1, 0.15) is 20.3 Å². The molecular weight excluding hydrogens is 418 g/mol. The average Bonchev–Trinajstić information content (AvgIpc) is 3.12. The second kappa shape index (κ2) is 8.39. The number of rotatable bonds is 2. The summed E-state index contributed by atoms with van der Waals surface area (Å²) in [7, 11) is 0. The summed E-state index contributed by atoms with van der Waals surface area (Å²) in [5.74, 6) is 2.64. The Morgan fingerprint density at radius 1 is 1.10 bits per heavy atom. The minimum atomic E-state index is 0.179. The standard InChI is InChI=1S/C21H33N5O2S2/c1-21(2)11-16-13-25(20(27)24-5-9-29-10-6-24)15-17(21)26(14-16)18-12-22-19(30-18)23-3-7-28-8-4-23/h12,16-17H,3-11,13-15H2,1-2H3. The number of nitrogens with zero attached hydrogens (tertiary/aromatic N) is 5. The van der Waals surface area contributed by atoms with E-state index < -0.39 is 0 Å². The minimum Gasteiger partial charge on any atom is -0.378 e. The Labute approximate surface area is 187 Å². The van der Waals surface area contributed by atoms with Gasteiger partial charge in [-0.1, -0.05) is 25.2 Å². The molecule has 166 valence electrons. The lowest BCUT2D eigenvalue weighted by molar-refractivity contribution is 0.122. The van der Waals surface area contributed by atoms with Gasteiger partial charge in [0.1, 0.15) is 5.00 Å². The molecule has 9 heteroatoms. The van der Waals surface area contributed by atoms with Crippen LogP contribution in [0.3, 0.4) is 0 Å². The van der Waals surface area contributed by atoms with Gasteiger partial charge in [-0.15, -0.1) is 0 Å². The van der Waals surface area contributed by atoms with E-state index in [1.165, 1.54) is 11.4 Å². The lowest BCUT2D eigenvalue weighted by atomic mass is 9.73. The van der Waals surface area contributed by atoms with E-state index in [0.29, 0.717) is 12.0 Å². The number of piperidine rings is 1. The minimum absolute atomic E-state index is 0.179. The summed E-state index contributed by atoms with van der Waals surface area (Å²) < 4.78 is 5.49. The maximum atomic E-state index is 13.3. The molecule has 2 atom stereocenters. The number of ether oxygens (including phenoxy) is 1. The lowest BCUT2D eigenvalue weighted by Crippen LogP contribution is -2.54. The molecule has 0 aliphatic carbocycles. The summed E-state index contributed by atoms with van der Waals surface area (Å²) >= 11 is 3.76. The topological polar surface area (TPSA) is 52.2 Å². The molecule has 2 bridgehead atoms. The van der Waals surface area contributed by atoms with Crippen molar-refractivity contribution < 1.29 is 9.53 Å². The third kappa shape index (κ3) is 4.00. The highest BCUT2D eigenvalue weighted by Crippen LogP contribution is 2.45. The predicted octanol–water partition coefficient (Wildman–Crippen LogP) is 2.69. The second-order valence-electron chi connectivity index (χ2n) is 9.59. The number of morpholine rings is 1. The first-order valence-electron chi connectivity index (χ1n) is 11.2. The first-order chi connectivity index (χ1) is 14.5. The van der Waals surface area contributed by atoms with Gasteiger partial charge in [-0.05, 0) is 17.8 Å². The normalized spacial score (nSPS) is 29.3. The van der Waals surface area contributed by atoms with E-state index in [2.05, 4.69) is 39.6 Å². The van der Waals surface area contributed by atoms with E-state index >= 15 is 0 Å². The van der Waals surface area contributed by atoms with Crippen molar-refractivity contribution in [1.29, 1.82) is 0 Å². The quantitative estimate of drug-likeness (QED) is 0.689. The van der Waals surface area contributed by atoms with Gasteiger partial charge in [0.05, 0.1) is 25.5 Å².